The second-order valence-electron chi connectivity index (χ2n) is 5.54. The zero-order valence-corrected chi connectivity index (χ0v) is 12.6. The van der Waals surface area contributed by atoms with E-state index < -0.39 is 0 Å². The van der Waals surface area contributed by atoms with Crippen molar-refractivity contribution >= 4 is 5.91 Å². The Labute approximate surface area is 129 Å². The average molecular weight is 301 g/mol. The van der Waals surface area contributed by atoms with E-state index in [1.54, 1.807) is 6.07 Å². The van der Waals surface area contributed by atoms with Gasteiger partial charge in [0.15, 0.2) is 0 Å². The lowest BCUT2D eigenvalue weighted by Gasteiger charge is -2.10. The number of rotatable bonds is 7. The Kier molecular flexibility index (Phi) is 5.53. The minimum atomic E-state index is -0.275. The van der Waals surface area contributed by atoms with Crippen LogP contribution in [0.1, 0.15) is 24.5 Å². The maximum atomic E-state index is 13.1. The fourth-order valence-electron chi connectivity index (χ4n) is 2.33. The number of halogens is 1. The smallest absolute Gasteiger partial charge is 0.217 e. The topological polar surface area (TPSA) is 52.3 Å². The van der Waals surface area contributed by atoms with E-state index in [1.165, 1.54) is 12.1 Å². The van der Waals surface area contributed by atoms with Crippen molar-refractivity contribution in [1.29, 1.82) is 0 Å². The first-order valence-corrected chi connectivity index (χ1v) is 7.27. The lowest BCUT2D eigenvalue weighted by atomic mass is 9.98. The third-order valence-corrected chi connectivity index (χ3v) is 3.35. The molecule has 3 nitrogen and oxygen atoms in total. The van der Waals surface area contributed by atoms with Gasteiger partial charge < -0.3 is 10.5 Å². The molecule has 0 aliphatic carbocycles. The number of nitrogens with two attached hydrogens (primary N) is 1. The molecule has 2 rings (SSSR count). The molecule has 1 amide bonds. The number of ether oxygens (including phenoxy) is 1. The van der Waals surface area contributed by atoms with Crippen molar-refractivity contribution in [3.05, 3.63) is 65.5 Å². The Morgan fingerprint density at radius 1 is 1.18 bits per heavy atom. The van der Waals surface area contributed by atoms with E-state index in [1.807, 2.05) is 37.3 Å². The van der Waals surface area contributed by atoms with Crippen LogP contribution in [-0.4, -0.2) is 5.91 Å². The summed E-state index contributed by atoms with van der Waals surface area (Å²) in [6.45, 7) is 2.33. The first-order valence-electron chi connectivity index (χ1n) is 7.27. The Morgan fingerprint density at radius 2 is 1.91 bits per heavy atom. The highest BCUT2D eigenvalue weighted by Crippen LogP contribution is 2.17. The third kappa shape index (κ3) is 5.20. The van der Waals surface area contributed by atoms with Gasteiger partial charge in [0.05, 0.1) is 0 Å². The highest BCUT2D eigenvalue weighted by Gasteiger charge is 2.07. The highest BCUT2D eigenvalue weighted by molar-refractivity contribution is 5.73. The molecule has 0 fully saturated rings. The van der Waals surface area contributed by atoms with Crippen LogP contribution in [0.15, 0.2) is 48.5 Å². The van der Waals surface area contributed by atoms with Gasteiger partial charge >= 0.3 is 0 Å². The van der Waals surface area contributed by atoms with Gasteiger partial charge in [-0.25, -0.2) is 4.39 Å². The quantitative estimate of drug-likeness (QED) is 0.851. The van der Waals surface area contributed by atoms with Crippen LogP contribution in [0.5, 0.6) is 5.75 Å². The highest BCUT2D eigenvalue weighted by atomic mass is 19.1. The van der Waals surface area contributed by atoms with E-state index in [9.17, 15) is 9.18 Å². The van der Waals surface area contributed by atoms with E-state index >= 15 is 0 Å². The van der Waals surface area contributed by atoms with Crippen LogP contribution >= 0.6 is 0 Å². The van der Waals surface area contributed by atoms with Crippen molar-refractivity contribution in [3.8, 4) is 5.75 Å². The normalized spacial score (nSPS) is 11.9. The van der Waals surface area contributed by atoms with Gasteiger partial charge in [0.2, 0.25) is 5.91 Å². The van der Waals surface area contributed by atoms with Gasteiger partial charge in [-0.05, 0) is 47.7 Å². The summed E-state index contributed by atoms with van der Waals surface area (Å²) in [4.78, 5) is 10.9. The predicted octanol–water partition coefficient (Wildman–Crippen LogP) is 3.46. The van der Waals surface area contributed by atoms with E-state index in [0.717, 1.165) is 23.3 Å². The average Bonchev–Trinajstić information content (AvgIpc) is 2.46. The minimum Gasteiger partial charge on any atom is -0.489 e. The molecule has 0 saturated carbocycles. The van der Waals surface area contributed by atoms with Crippen LogP contribution in [0, 0.1) is 11.7 Å². The van der Waals surface area contributed by atoms with Gasteiger partial charge in [0.1, 0.15) is 18.2 Å². The number of hydrogen-bond donors (Lipinski definition) is 1. The van der Waals surface area contributed by atoms with Crippen molar-refractivity contribution in [1.82, 2.24) is 0 Å². The van der Waals surface area contributed by atoms with E-state index in [4.69, 9.17) is 10.5 Å². The monoisotopic (exact) mass is 301 g/mol. The number of amides is 1. The minimum absolute atomic E-state index is 0.219. The molecule has 2 aromatic rings. The van der Waals surface area contributed by atoms with E-state index in [0.29, 0.717) is 13.0 Å². The molecule has 0 aliphatic rings. The first-order chi connectivity index (χ1) is 10.5. The summed E-state index contributed by atoms with van der Waals surface area (Å²) in [5.41, 5.74) is 7.11. The van der Waals surface area contributed by atoms with Crippen LogP contribution in [0.2, 0.25) is 0 Å². The molecule has 116 valence electrons. The fourth-order valence-corrected chi connectivity index (χ4v) is 2.33. The Bertz CT molecular complexity index is 625. The van der Waals surface area contributed by atoms with Crippen molar-refractivity contribution in [2.75, 3.05) is 0 Å². The molecule has 2 aromatic carbocycles. The molecule has 0 spiro atoms. The van der Waals surface area contributed by atoms with Gasteiger partial charge in [-0.15, -0.1) is 0 Å². The number of primary amides is 1. The molecule has 1 atom stereocenters. The summed E-state index contributed by atoms with van der Waals surface area (Å²) in [6.07, 6.45) is 1.19. The van der Waals surface area contributed by atoms with Crippen molar-refractivity contribution in [2.24, 2.45) is 11.7 Å². The SMILES string of the molecule is CC(CC(N)=O)Cc1ccc(OCc2cccc(F)c2)cc1. The number of carbonyl (C=O) groups is 1. The molecule has 4 heteroatoms. The van der Waals surface area contributed by atoms with Crippen molar-refractivity contribution < 1.29 is 13.9 Å². The van der Waals surface area contributed by atoms with Crippen LogP contribution in [0.4, 0.5) is 4.39 Å². The number of carbonyl (C=O) groups excluding carboxylic acids is 1. The summed E-state index contributed by atoms with van der Waals surface area (Å²) >= 11 is 0. The van der Waals surface area contributed by atoms with Gasteiger partial charge in [-0.1, -0.05) is 31.2 Å². The molecule has 0 aliphatic heterocycles. The summed E-state index contributed by atoms with van der Waals surface area (Å²) < 4.78 is 18.7. The standard InChI is InChI=1S/C18H20FNO2/c1-13(10-18(20)21)9-14-5-7-17(8-6-14)22-12-15-3-2-4-16(19)11-15/h2-8,11,13H,9-10,12H2,1H3,(H2,20,21). The summed E-state index contributed by atoms with van der Waals surface area (Å²) in [5.74, 6) is 0.412. The van der Waals surface area contributed by atoms with Crippen molar-refractivity contribution in [2.45, 2.75) is 26.4 Å². The molecule has 0 radical (unpaired) electrons. The van der Waals surface area contributed by atoms with Crippen LogP contribution < -0.4 is 10.5 Å². The van der Waals surface area contributed by atoms with E-state index in [2.05, 4.69) is 0 Å². The Hall–Kier alpha value is -2.36. The van der Waals surface area contributed by atoms with Crippen LogP contribution in [0.3, 0.4) is 0 Å². The molecule has 0 bridgehead atoms. The molecule has 22 heavy (non-hydrogen) atoms. The summed E-state index contributed by atoms with van der Waals surface area (Å²) in [7, 11) is 0. The largest absolute Gasteiger partial charge is 0.489 e. The molecule has 0 heterocycles. The fraction of sp³-hybridized carbons (Fsp3) is 0.278. The van der Waals surface area contributed by atoms with Gasteiger partial charge in [-0.3, -0.25) is 4.79 Å². The molecule has 0 saturated heterocycles. The first kappa shape index (κ1) is 16.0. The lowest BCUT2D eigenvalue weighted by molar-refractivity contribution is -0.118. The molecule has 2 N–H and O–H groups in total. The predicted molar refractivity (Wildman–Crippen MR) is 83.9 cm³/mol. The van der Waals surface area contributed by atoms with Gasteiger partial charge in [0.25, 0.3) is 0 Å². The molecule has 0 aromatic heterocycles. The zero-order chi connectivity index (χ0) is 15.9. The third-order valence-electron chi connectivity index (χ3n) is 3.35. The van der Waals surface area contributed by atoms with Gasteiger partial charge in [0, 0.05) is 6.42 Å². The Morgan fingerprint density at radius 3 is 2.55 bits per heavy atom. The second kappa shape index (κ2) is 7.59. The Balaban J connectivity index is 1.87. The summed E-state index contributed by atoms with van der Waals surface area (Å²) in [5, 5.41) is 0. The molecular weight excluding hydrogens is 281 g/mol. The molecular formula is C18H20FNO2. The number of hydrogen-bond acceptors (Lipinski definition) is 2. The lowest BCUT2D eigenvalue weighted by Crippen LogP contribution is -2.15. The number of benzene rings is 2. The van der Waals surface area contributed by atoms with Crippen LogP contribution in [-0.2, 0) is 17.8 Å². The zero-order valence-electron chi connectivity index (χ0n) is 12.6. The van der Waals surface area contributed by atoms with Crippen molar-refractivity contribution in [3.63, 3.8) is 0 Å². The summed E-state index contributed by atoms with van der Waals surface area (Å²) in [6, 6.07) is 14.1. The second-order valence-corrected chi connectivity index (χ2v) is 5.54. The van der Waals surface area contributed by atoms with Gasteiger partial charge in [-0.2, -0.15) is 0 Å². The van der Waals surface area contributed by atoms with Crippen LogP contribution in [0.25, 0.3) is 0 Å². The van der Waals surface area contributed by atoms with E-state index in [-0.39, 0.29) is 17.6 Å². The maximum absolute atomic E-state index is 13.1. The molecule has 1 unspecified atom stereocenters. The maximum Gasteiger partial charge on any atom is 0.217 e.